The summed E-state index contributed by atoms with van der Waals surface area (Å²) in [4.78, 5) is 0.267. The van der Waals surface area contributed by atoms with E-state index < -0.39 is 10.0 Å². The molecule has 1 aromatic heterocycles. The van der Waals surface area contributed by atoms with Gasteiger partial charge >= 0.3 is 0 Å². The van der Waals surface area contributed by atoms with E-state index in [0.29, 0.717) is 12.3 Å². The molecular weight excluding hydrogens is 288 g/mol. The van der Waals surface area contributed by atoms with Crippen LogP contribution in [0.1, 0.15) is 22.6 Å². The van der Waals surface area contributed by atoms with E-state index >= 15 is 0 Å². The Bertz CT molecular complexity index is 735. The topological polar surface area (TPSA) is 76.5 Å². The van der Waals surface area contributed by atoms with Crippen LogP contribution in [-0.2, 0) is 23.1 Å². The molecule has 0 aliphatic rings. The van der Waals surface area contributed by atoms with Crippen LogP contribution >= 0.6 is 0 Å². The smallest absolute Gasteiger partial charge is 0.243 e. The highest BCUT2D eigenvalue weighted by Crippen LogP contribution is 2.20. The van der Waals surface area contributed by atoms with Crippen LogP contribution in [0.15, 0.2) is 39.6 Å². The van der Waals surface area contributed by atoms with E-state index in [1.54, 1.807) is 31.3 Å². The lowest BCUT2D eigenvalue weighted by Crippen LogP contribution is -2.26. The van der Waals surface area contributed by atoms with Crippen molar-refractivity contribution in [3.8, 4) is 0 Å². The quantitative estimate of drug-likeness (QED) is 0.918. The summed E-state index contributed by atoms with van der Waals surface area (Å²) in [6, 6.07) is 8.60. The number of hydrogen-bond acceptors (Lipinski definition) is 4. The average Bonchev–Trinajstić information content (AvgIpc) is 2.83. The van der Waals surface area contributed by atoms with Crippen LogP contribution in [0.2, 0.25) is 0 Å². The van der Waals surface area contributed by atoms with E-state index in [0.717, 1.165) is 16.9 Å². The molecular formula is C15H20N2O3S. The molecule has 0 radical (unpaired) electrons. The second-order valence-electron chi connectivity index (χ2n) is 5.07. The van der Waals surface area contributed by atoms with E-state index in [4.69, 9.17) is 10.2 Å². The summed E-state index contributed by atoms with van der Waals surface area (Å²) < 4.78 is 31.8. The lowest BCUT2D eigenvalue weighted by molar-refractivity contribution is 0.397. The Morgan fingerprint density at radius 3 is 2.43 bits per heavy atom. The maximum Gasteiger partial charge on any atom is 0.243 e. The van der Waals surface area contributed by atoms with Crippen LogP contribution in [0.25, 0.3) is 0 Å². The maximum absolute atomic E-state index is 12.5. The predicted octanol–water partition coefficient (Wildman–Crippen LogP) is 2.18. The zero-order valence-electron chi connectivity index (χ0n) is 12.5. The molecule has 114 valence electrons. The molecule has 0 spiro atoms. The molecule has 0 saturated carbocycles. The Balaban J connectivity index is 2.26. The van der Waals surface area contributed by atoms with Gasteiger partial charge in [0.15, 0.2) is 0 Å². The highest BCUT2D eigenvalue weighted by Gasteiger charge is 2.22. The molecule has 0 bridgehead atoms. The zero-order valence-corrected chi connectivity index (χ0v) is 13.3. The summed E-state index contributed by atoms with van der Waals surface area (Å²) in [6.07, 6.45) is 0. The van der Waals surface area contributed by atoms with Crippen molar-refractivity contribution in [2.45, 2.75) is 31.8 Å². The van der Waals surface area contributed by atoms with Crippen molar-refractivity contribution >= 4 is 10.0 Å². The van der Waals surface area contributed by atoms with E-state index in [1.165, 1.54) is 4.31 Å². The van der Waals surface area contributed by atoms with Gasteiger partial charge in [0.05, 0.1) is 11.4 Å². The number of furan rings is 1. The minimum absolute atomic E-state index is 0.202. The molecule has 0 amide bonds. The number of nitrogens with zero attached hydrogens (tertiary/aromatic N) is 1. The average molecular weight is 308 g/mol. The van der Waals surface area contributed by atoms with Crippen molar-refractivity contribution in [2.24, 2.45) is 5.73 Å². The molecule has 1 heterocycles. The highest BCUT2D eigenvalue weighted by molar-refractivity contribution is 7.89. The normalized spacial score (nSPS) is 12.0. The summed E-state index contributed by atoms with van der Waals surface area (Å²) in [5.41, 5.74) is 7.42. The third-order valence-electron chi connectivity index (χ3n) is 3.42. The number of sulfonamides is 1. The number of aryl methyl sites for hydroxylation is 2. The first kappa shape index (κ1) is 15.8. The number of rotatable bonds is 5. The monoisotopic (exact) mass is 308 g/mol. The van der Waals surface area contributed by atoms with Crippen LogP contribution in [0.3, 0.4) is 0 Å². The van der Waals surface area contributed by atoms with Gasteiger partial charge < -0.3 is 10.2 Å². The van der Waals surface area contributed by atoms with Gasteiger partial charge in [0, 0.05) is 13.6 Å². The van der Waals surface area contributed by atoms with Gasteiger partial charge in [-0.25, -0.2) is 8.42 Å². The molecule has 1 aromatic carbocycles. The van der Waals surface area contributed by atoms with Crippen molar-refractivity contribution in [1.82, 2.24) is 4.31 Å². The molecule has 0 saturated heterocycles. The number of nitrogens with two attached hydrogens (primary N) is 1. The Morgan fingerprint density at radius 2 is 1.90 bits per heavy atom. The Labute approximate surface area is 125 Å². The van der Waals surface area contributed by atoms with Crippen LogP contribution in [0, 0.1) is 13.8 Å². The van der Waals surface area contributed by atoms with E-state index in [-0.39, 0.29) is 11.4 Å². The summed E-state index contributed by atoms with van der Waals surface area (Å²) >= 11 is 0. The van der Waals surface area contributed by atoms with Crippen LogP contribution in [-0.4, -0.2) is 19.8 Å². The summed E-state index contributed by atoms with van der Waals surface area (Å²) in [5.74, 6) is 1.38. The minimum atomic E-state index is -3.54. The molecule has 2 aromatic rings. The molecule has 0 atom stereocenters. The maximum atomic E-state index is 12.5. The molecule has 2 rings (SSSR count). The van der Waals surface area contributed by atoms with Gasteiger partial charge in [0.1, 0.15) is 11.5 Å². The SMILES string of the molecule is Cc1ccc(CN(C)S(=O)(=O)c2ccc(CN)c(C)c2)o1. The second-order valence-corrected chi connectivity index (χ2v) is 7.11. The molecule has 0 aliphatic heterocycles. The van der Waals surface area contributed by atoms with Gasteiger partial charge in [-0.15, -0.1) is 0 Å². The Kier molecular flexibility index (Phi) is 4.51. The minimum Gasteiger partial charge on any atom is -0.465 e. The fourth-order valence-corrected chi connectivity index (χ4v) is 3.34. The van der Waals surface area contributed by atoms with Crippen molar-refractivity contribution in [2.75, 3.05) is 7.05 Å². The lowest BCUT2D eigenvalue weighted by atomic mass is 10.1. The largest absolute Gasteiger partial charge is 0.465 e. The van der Waals surface area contributed by atoms with Crippen molar-refractivity contribution in [1.29, 1.82) is 0 Å². The second kappa shape index (κ2) is 6.01. The summed E-state index contributed by atoms with van der Waals surface area (Å²) in [7, 11) is -2.00. The van der Waals surface area contributed by atoms with Gasteiger partial charge in [0.25, 0.3) is 0 Å². The summed E-state index contributed by atoms with van der Waals surface area (Å²) in [6.45, 7) is 4.28. The van der Waals surface area contributed by atoms with Gasteiger partial charge in [-0.2, -0.15) is 4.31 Å². The van der Waals surface area contributed by atoms with E-state index in [9.17, 15) is 8.42 Å². The lowest BCUT2D eigenvalue weighted by Gasteiger charge is -2.17. The molecule has 5 nitrogen and oxygen atoms in total. The number of benzene rings is 1. The highest BCUT2D eigenvalue weighted by atomic mass is 32.2. The van der Waals surface area contributed by atoms with Crippen LogP contribution in [0.5, 0.6) is 0 Å². The first-order chi connectivity index (χ1) is 9.84. The van der Waals surface area contributed by atoms with E-state index in [1.807, 2.05) is 19.9 Å². The van der Waals surface area contributed by atoms with Gasteiger partial charge in [0.2, 0.25) is 10.0 Å². The van der Waals surface area contributed by atoms with Crippen molar-refractivity contribution < 1.29 is 12.8 Å². The van der Waals surface area contributed by atoms with Gasteiger partial charge in [-0.1, -0.05) is 6.07 Å². The third-order valence-corrected chi connectivity index (χ3v) is 5.22. The molecule has 0 unspecified atom stereocenters. The van der Waals surface area contributed by atoms with Gasteiger partial charge in [-0.3, -0.25) is 0 Å². The molecule has 0 aliphatic carbocycles. The van der Waals surface area contributed by atoms with Crippen LogP contribution in [0.4, 0.5) is 0 Å². The van der Waals surface area contributed by atoms with Crippen molar-refractivity contribution in [3.05, 3.63) is 53.0 Å². The van der Waals surface area contributed by atoms with Crippen LogP contribution < -0.4 is 5.73 Å². The molecule has 2 N–H and O–H groups in total. The zero-order chi connectivity index (χ0) is 15.6. The van der Waals surface area contributed by atoms with Gasteiger partial charge in [-0.05, 0) is 49.2 Å². The first-order valence-corrected chi connectivity index (χ1v) is 8.10. The Hall–Kier alpha value is -1.63. The number of hydrogen-bond donors (Lipinski definition) is 1. The first-order valence-electron chi connectivity index (χ1n) is 6.66. The van der Waals surface area contributed by atoms with Crippen molar-refractivity contribution in [3.63, 3.8) is 0 Å². The van der Waals surface area contributed by atoms with E-state index in [2.05, 4.69) is 0 Å². The fraction of sp³-hybridized carbons (Fsp3) is 0.333. The fourth-order valence-electron chi connectivity index (χ4n) is 2.11. The molecule has 21 heavy (non-hydrogen) atoms. The predicted molar refractivity (Wildman–Crippen MR) is 81.2 cm³/mol. The standard InChI is InChI=1S/C15H20N2O3S/c1-11-8-15(7-5-13(11)9-16)21(18,19)17(3)10-14-6-4-12(2)20-14/h4-8H,9-10,16H2,1-3H3. The Morgan fingerprint density at radius 1 is 1.19 bits per heavy atom. The summed E-state index contributed by atoms with van der Waals surface area (Å²) in [5, 5.41) is 0. The molecule has 0 fully saturated rings. The molecule has 6 heteroatoms. The third kappa shape index (κ3) is 3.34.